The van der Waals surface area contributed by atoms with Gasteiger partial charge in [-0.1, -0.05) is 12.1 Å². The molecule has 1 aliphatic rings. The number of fused-ring (bicyclic) bond motifs is 1. The Bertz CT molecular complexity index is 927. The van der Waals surface area contributed by atoms with Gasteiger partial charge in [-0.25, -0.2) is 4.98 Å². The molecule has 1 aliphatic carbocycles. The van der Waals surface area contributed by atoms with Gasteiger partial charge in [-0.05, 0) is 49.9 Å². The topological polar surface area (TPSA) is 75.1 Å². The molecule has 4 rings (SSSR count). The number of hydrogen-bond acceptors (Lipinski definition) is 5. The lowest BCUT2D eigenvalue weighted by Gasteiger charge is -2.07. The molecule has 2 heterocycles. The Balaban J connectivity index is 1.37. The average molecular weight is 379 g/mol. The molecule has 1 amide bonds. The number of aromatic nitrogens is 2. The van der Waals surface area contributed by atoms with Gasteiger partial charge in [0.1, 0.15) is 5.75 Å². The van der Waals surface area contributed by atoms with Gasteiger partial charge < -0.3 is 10.4 Å². The average Bonchev–Trinajstić information content (AvgIpc) is 3.11. The summed E-state index contributed by atoms with van der Waals surface area (Å²) in [6.07, 6.45) is 6.91. The highest BCUT2D eigenvalue weighted by Gasteiger charge is 2.15. The van der Waals surface area contributed by atoms with Crippen LogP contribution in [0, 0.1) is 0 Å². The third-order valence-corrected chi connectivity index (χ3v) is 5.90. The summed E-state index contributed by atoms with van der Waals surface area (Å²) in [5.41, 5.74) is 3.42. The second-order valence-electron chi connectivity index (χ2n) is 6.67. The zero-order valence-electron chi connectivity index (χ0n) is 14.9. The van der Waals surface area contributed by atoms with Crippen molar-refractivity contribution in [3.8, 4) is 17.0 Å². The van der Waals surface area contributed by atoms with E-state index in [0.717, 1.165) is 35.5 Å². The Morgan fingerprint density at radius 3 is 2.89 bits per heavy atom. The highest BCUT2D eigenvalue weighted by Crippen LogP contribution is 2.26. The molecule has 0 unspecified atom stereocenters. The molecule has 0 spiro atoms. The maximum atomic E-state index is 12.5. The number of nitrogens with zero attached hydrogens (tertiary/aromatic N) is 2. The number of aromatic hydroxyl groups is 1. The summed E-state index contributed by atoms with van der Waals surface area (Å²) < 4.78 is 0. The number of nitrogens with one attached hydrogen (secondary N) is 1. The monoisotopic (exact) mass is 379 g/mol. The Morgan fingerprint density at radius 1 is 1.19 bits per heavy atom. The van der Waals surface area contributed by atoms with Crippen LogP contribution in [0.2, 0.25) is 0 Å². The maximum absolute atomic E-state index is 12.5. The van der Waals surface area contributed by atoms with E-state index in [1.54, 1.807) is 29.5 Å². The molecule has 0 fully saturated rings. The molecule has 5 nitrogen and oxygen atoms in total. The molecule has 0 aliphatic heterocycles. The van der Waals surface area contributed by atoms with Crippen molar-refractivity contribution in [2.45, 2.75) is 32.1 Å². The third kappa shape index (κ3) is 4.17. The van der Waals surface area contributed by atoms with Gasteiger partial charge in [-0.3, -0.25) is 9.78 Å². The molecule has 2 aromatic heterocycles. The number of carbonyl (C=O) groups is 1. The molecule has 0 bridgehead atoms. The van der Waals surface area contributed by atoms with E-state index in [4.69, 9.17) is 4.98 Å². The van der Waals surface area contributed by atoms with Gasteiger partial charge in [0.15, 0.2) is 0 Å². The SMILES string of the molecule is O=C(NCCc1nc2c(s1)CCCC2)c1cccc(-c2ccc(O)cn2)c1. The Kier molecular flexibility index (Phi) is 5.16. The van der Waals surface area contributed by atoms with E-state index in [0.29, 0.717) is 12.1 Å². The van der Waals surface area contributed by atoms with E-state index in [2.05, 4.69) is 10.3 Å². The van der Waals surface area contributed by atoms with Crippen LogP contribution in [0.15, 0.2) is 42.6 Å². The molecule has 27 heavy (non-hydrogen) atoms. The van der Waals surface area contributed by atoms with Gasteiger partial charge in [0, 0.05) is 29.0 Å². The Hall–Kier alpha value is -2.73. The van der Waals surface area contributed by atoms with Crippen LogP contribution in [0.5, 0.6) is 5.75 Å². The van der Waals surface area contributed by atoms with Crippen molar-refractivity contribution in [2.75, 3.05) is 6.54 Å². The van der Waals surface area contributed by atoms with Crippen molar-refractivity contribution in [3.05, 3.63) is 63.7 Å². The lowest BCUT2D eigenvalue weighted by atomic mass is 10.0. The van der Waals surface area contributed by atoms with E-state index in [1.807, 2.05) is 18.2 Å². The van der Waals surface area contributed by atoms with Crippen molar-refractivity contribution in [1.82, 2.24) is 15.3 Å². The highest BCUT2D eigenvalue weighted by molar-refractivity contribution is 7.11. The largest absolute Gasteiger partial charge is 0.506 e. The molecule has 1 aromatic carbocycles. The number of aryl methyl sites for hydroxylation is 2. The van der Waals surface area contributed by atoms with Crippen LogP contribution in [0.1, 0.15) is 38.8 Å². The second kappa shape index (κ2) is 7.88. The second-order valence-corrected chi connectivity index (χ2v) is 7.84. The predicted molar refractivity (Wildman–Crippen MR) is 106 cm³/mol. The summed E-state index contributed by atoms with van der Waals surface area (Å²) in [6, 6.07) is 10.7. The van der Waals surface area contributed by atoms with Gasteiger partial charge in [-0.15, -0.1) is 11.3 Å². The highest BCUT2D eigenvalue weighted by atomic mass is 32.1. The molecule has 138 valence electrons. The fourth-order valence-corrected chi connectivity index (χ4v) is 4.43. The van der Waals surface area contributed by atoms with Crippen molar-refractivity contribution in [2.24, 2.45) is 0 Å². The smallest absolute Gasteiger partial charge is 0.251 e. The molecule has 0 atom stereocenters. The molecule has 3 aromatic rings. The first-order valence-corrected chi connectivity index (χ1v) is 10.0. The Labute approximate surface area is 162 Å². The fraction of sp³-hybridized carbons (Fsp3) is 0.286. The number of carbonyl (C=O) groups excluding carboxylic acids is 1. The molecular formula is C21H21N3O2S. The summed E-state index contributed by atoms with van der Waals surface area (Å²) in [5.74, 6) is 0.0217. The van der Waals surface area contributed by atoms with E-state index < -0.39 is 0 Å². The summed E-state index contributed by atoms with van der Waals surface area (Å²) >= 11 is 1.79. The van der Waals surface area contributed by atoms with Crippen LogP contribution in [0.25, 0.3) is 11.3 Å². The van der Waals surface area contributed by atoms with E-state index in [1.165, 1.54) is 29.6 Å². The number of hydrogen-bond donors (Lipinski definition) is 2. The van der Waals surface area contributed by atoms with Gasteiger partial charge in [0.25, 0.3) is 5.91 Å². The first-order valence-electron chi connectivity index (χ1n) is 9.20. The van der Waals surface area contributed by atoms with E-state index >= 15 is 0 Å². The van der Waals surface area contributed by atoms with Crippen LogP contribution in [-0.4, -0.2) is 27.5 Å². The van der Waals surface area contributed by atoms with E-state index in [9.17, 15) is 9.90 Å². The summed E-state index contributed by atoms with van der Waals surface area (Å²) in [5, 5.41) is 13.5. The first kappa shape index (κ1) is 17.7. The van der Waals surface area contributed by atoms with Gasteiger partial charge in [0.2, 0.25) is 0 Å². The Morgan fingerprint density at radius 2 is 2.07 bits per heavy atom. The van der Waals surface area contributed by atoms with Crippen molar-refractivity contribution >= 4 is 17.2 Å². The van der Waals surface area contributed by atoms with Crippen molar-refractivity contribution < 1.29 is 9.90 Å². The molecule has 0 radical (unpaired) electrons. The standard InChI is InChI=1S/C21H21N3O2S/c25-16-8-9-17(23-13-16)14-4-3-5-15(12-14)21(26)22-11-10-20-24-18-6-1-2-7-19(18)27-20/h3-5,8-9,12-13,25H,1-2,6-7,10-11H2,(H,22,26). The van der Waals surface area contributed by atoms with Crippen LogP contribution in [0.4, 0.5) is 0 Å². The number of pyridine rings is 1. The minimum absolute atomic E-state index is 0.100. The number of rotatable bonds is 5. The summed E-state index contributed by atoms with van der Waals surface area (Å²) in [4.78, 5) is 22.8. The molecule has 0 saturated carbocycles. The molecular weight excluding hydrogens is 358 g/mol. The predicted octanol–water partition coefficient (Wildman–Crippen LogP) is 3.76. The van der Waals surface area contributed by atoms with E-state index in [-0.39, 0.29) is 11.7 Å². The number of thiazole rings is 1. The molecule has 0 saturated heterocycles. The zero-order valence-corrected chi connectivity index (χ0v) is 15.8. The van der Waals surface area contributed by atoms with Gasteiger partial charge >= 0.3 is 0 Å². The number of benzene rings is 1. The molecule has 6 heteroatoms. The van der Waals surface area contributed by atoms with Crippen molar-refractivity contribution in [1.29, 1.82) is 0 Å². The zero-order chi connectivity index (χ0) is 18.6. The normalized spacial score (nSPS) is 13.2. The van der Waals surface area contributed by atoms with Gasteiger partial charge in [0.05, 0.1) is 22.6 Å². The van der Waals surface area contributed by atoms with Crippen molar-refractivity contribution in [3.63, 3.8) is 0 Å². The van der Waals surface area contributed by atoms with Crippen LogP contribution < -0.4 is 5.32 Å². The lowest BCUT2D eigenvalue weighted by molar-refractivity contribution is 0.0954. The fourth-order valence-electron chi connectivity index (χ4n) is 3.27. The minimum atomic E-state index is -0.100. The summed E-state index contributed by atoms with van der Waals surface area (Å²) in [6.45, 7) is 0.576. The maximum Gasteiger partial charge on any atom is 0.251 e. The van der Waals surface area contributed by atoms with Crippen LogP contribution >= 0.6 is 11.3 Å². The lowest BCUT2D eigenvalue weighted by Crippen LogP contribution is -2.25. The number of amides is 1. The third-order valence-electron chi connectivity index (χ3n) is 4.68. The van der Waals surface area contributed by atoms with Crippen LogP contribution in [-0.2, 0) is 19.3 Å². The minimum Gasteiger partial charge on any atom is -0.506 e. The quantitative estimate of drug-likeness (QED) is 0.708. The first-order chi connectivity index (χ1) is 13.2. The molecule has 2 N–H and O–H groups in total. The van der Waals surface area contributed by atoms with Crippen LogP contribution in [0.3, 0.4) is 0 Å². The van der Waals surface area contributed by atoms with Gasteiger partial charge in [-0.2, -0.15) is 0 Å². The summed E-state index contributed by atoms with van der Waals surface area (Å²) in [7, 11) is 0.